The number of aromatic amines is 2. The third kappa shape index (κ3) is 6.16. The van der Waals surface area contributed by atoms with Crippen molar-refractivity contribution in [1.82, 2.24) is 19.9 Å². The van der Waals surface area contributed by atoms with E-state index in [1.54, 1.807) is 0 Å². The number of aliphatic carboxylic acids is 1. The maximum absolute atomic E-state index is 9.00. The summed E-state index contributed by atoms with van der Waals surface area (Å²) >= 11 is 0. The van der Waals surface area contributed by atoms with Crippen molar-refractivity contribution in [1.29, 1.82) is 0 Å². The van der Waals surface area contributed by atoms with Crippen molar-refractivity contribution in [2.24, 2.45) is 0 Å². The molecule has 41 heavy (non-hydrogen) atoms. The van der Waals surface area contributed by atoms with E-state index in [9.17, 15) is 0 Å². The number of aromatic nitrogens is 4. The maximum Gasteiger partial charge on any atom is 2.00 e. The molecule has 0 amide bonds. The second-order valence-electron chi connectivity index (χ2n) is 10.6. The molecule has 1 radical (unpaired) electrons. The summed E-state index contributed by atoms with van der Waals surface area (Å²) in [6, 6.07) is 0. The number of nitrogens with one attached hydrogen (secondary N) is 2. The van der Waals surface area contributed by atoms with Gasteiger partial charge in [-0.2, -0.15) is 0 Å². The Balaban J connectivity index is 0.000000869. The van der Waals surface area contributed by atoms with Crippen LogP contribution < -0.4 is 31.4 Å². The summed E-state index contributed by atoms with van der Waals surface area (Å²) in [5.74, 6) is -0.833. The summed E-state index contributed by atoms with van der Waals surface area (Å²) in [5, 5.41) is 12.0. The average molecular weight is 642 g/mol. The first-order chi connectivity index (χ1) is 19.0. The van der Waals surface area contributed by atoms with Crippen molar-refractivity contribution in [3.05, 3.63) is 88.7 Å². The van der Waals surface area contributed by atoms with E-state index in [0.29, 0.717) is 0 Å². The molecule has 1 aliphatic heterocycles. The van der Waals surface area contributed by atoms with Gasteiger partial charge >= 0.3 is 19.5 Å². The third-order valence-corrected chi connectivity index (χ3v) is 8.21. The molecule has 219 valence electrons. The zero-order valence-electron chi connectivity index (χ0n) is 25.7. The van der Waals surface area contributed by atoms with Crippen LogP contribution in [0, 0.1) is 27.7 Å². The van der Waals surface area contributed by atoms with E-state index in [4.69, 9.17) is 19.9 Å². The molecule has 0 unspecified atom stereocenters. The van der Waals surface area contributed by atoms with E-state index in [0.717, 1.165) is 76.8 Å². The summed E-state index contributed by atoms with van der Waals surface area (Å²) in [4.78, 5) is 26.7. The molecule has 8 bridgehead atoms. The molecule has 7 heteroatoms. The molecule has 5 rings (SSSR count). The number of rotatable bonds is 4. The molecule has 4 aromatic rings. The molecule has 0 aromatic carbocycles. The Morgan fingerprint density at radius 3 is 1.17 bits per heavy atom. The van der Waals surface area contributed by atoms with Gasteiger partial charge in [0.05, 0.1) is 0 Å². The van der Waals surface area contributed by atoms with Crippen LogP contribution in [0.1, 0.15) is 102 Å². The molecule has 6 nitrogen and oxygen atoms in total. The van der Waals surface area contributed by atoms with Crippen molar-refractivity contribution in [2.75, 3.05) is 0 Å². The number of hydrogen-bond acceptors (Lipinski definition) is 1. The van der Waals surface area contributed by atoms with Crippen LogP contribution in [0.2, 0.25) is 0 Å². The van der Waals surface area contributed by atoms with Gasteiger partial charge in [-0.3, -0.25) is 4.79 Å². The zero-order chi connectivity index (χ0) is 29.3. The van der Waals surface area contributed by atoms with Gasteiger partial charge in [-0.1, -0.05) is 74.3 Å². The summed E-state index contributed by atoms with van der Waals surface area (Å²) in [5.41, 5.74) is 14.7. The Bertz CT molecular complexity index is 1690. The minimum atomic E-state index is -0.833. The van der Waals surface area contributed by atoms with Gasteiger partial charge in [0, 0.05) is 28.3 Å². The topological polar surface area (TPSA) is 97.1 Å². The van der Waals surface area contributed by atoms with Crippen LogP contribution in [0.5, 0.6) is 0 Å². The Hall–Kier alpha value is -3.31. The van der Waals surface area contributed by atoms with Gasteiger partial charge in [0.15, 0.2) is 0 Å². The number of nitrogens with zero attached hydrogens (tertiary/aromatic N) is 2. The molecule has 4 aromatic heterocycles. The minimum Gasteiger partial charge on any atom is -0.657 e. The third-order valence-electron chi connectivity index (χ3n) is 8.21. The first-order valence-electron chi connectivity index (χ1n) is 14.4. The summed E-state index contributed by atoms with van der Waals surface area (Å²) in [6.07, 6.45) is 12.8. The Morgan fingerprint density at radius 2 is 0.878 bits per heavy atom. The van der Waals surface area contributed by atoms with Gasteiger partial charge < -0.3 is 25.0 Å². The van der Waals surface area contributed by atoms with Gasteiger partial charge in [-0.15, -0.1) is 22.8 Å². The molecule has 1 aliphatic rings. The smallest absolute Gasteiger partial charge is 0.657 e. The van der Waals surface area contributed by atoms with Gasteiger partial charge in [-0.25, -0.2) is 0 Å². The first kappa shape index (κ1) is 32.2. The van der Waals surface area contributed by atoms with Crippen LogP contribution in [-0.2, 0) is 50.0 Å². The van der Waals surface area contributed by atoms with Crippen molar-refractivity contribution in [3.63, 3.8) is 0 Å². The molecular weight excluding hydrogens is 599 g/mol. The number of carboxylic acid groups (broad SMARTS) is 1. The second kappa shape index (κ2) is 13.1. The predicted molar refractivity (Wildman–Crippen MR) is 164 cm³/mol. The molecule has 0 saturated heterocycles. The zero-order valence-corrected chi connectivity index (χ0v) is 27.4. The summed E-state index contributed by atoms with van der Waals surface area (Å²) in [7, 11) is 0. The van der Waals surface area contributed by atoms with Gasteiger partial charge in [0.1, 0.15) is 0 Å². The van der Waals surface area contributed by atoms with E-state index < -0.39 is 5.97 Å². The predicted octanol–water partition coefficient (Wildman–Crippen LogP) is 3.46. The molecule has 0 atom stereocenters. The van der Waals surface area contributed by atoms with E-state index in [2.05, 4.69) is 89.7 Å². The largest absolute Gasteiger partial charge is 2.00 e. The average Bonchev–Trinajstić information content (AvgIpc) is 3.56. The van der Waals surface area contributed by atoms with Crippen LogP contribution in [0.25, 0.3) is 24.3 Å². The van der Waals surface area contributed by atoms with Crippen LogP contribution in [0.15, 0.2) is 0 Å². The molecule has 3 N–H and O–H groups in total. The van der Waals surface area contributed by atoms with Crippen LogP contribution >= 0.6 is 0 Å². The Morgan fingerprint density at radius 1 is 0.585 bits per heavy atom. The van der Waals surface area contributed by atoms with Crippen molar-refractivity contribution < 1.29 is 29.4 Å². The fraction of sp³-hybridized carbons (Fsp3) is 0.382. The van der Waals surface area contributed by atoms with Gasteiger partial charge in [0.25, 0.3) is 5.97 Å². The molecule has 0 fully saturated rings. The number of hydrogen-bond donors (Lipinski definition) is 3. The molecule has 0 aliphatic carbocycles. The van der Waals surface area contributed by atoms with Gasteiger partial charge in [-0.05, 0) is 75.6 Å². The second-order valence-corrected chi connectivity index (χ2v) is 10.6. The number of carbonyl (C=O) groups is 1. The maximum atomic E-state index is 9.00. The number of fused-ring (bicyclic) bond motifs is 8. The van der Waals surface area contributed by atoms with Crippen LogP contribution in [-0.4, -0.2) is 21.0 Å². The fourth-order valence-electron chi connectivity index (χ4n) is 6.02. The summed E-state index contributed by atoms with van der Waals surface area (Å²) < 4.78 is 0. The van der Waals surface area contributed by atoms with Crippen molar-refractivity contribution in [3.8, 4) is 0 Å². The summed E-state index contributed by atoms with van der Waals surface area (Å²) in [6.45, 7) is 18.9. The van der Waals surface area contributed by atoms with Crippen LogP contribution in [0.3, 0.4) is 0 Å². The Kier molecular flexibility index (Phi) is 10.3. The normalized spacial score (nSPS) is 15.0. The fourth-order valence-corrected chi connectivity index (χ4v) is 6.02. The monoisotopic (exact) mass is 641 g/mol. The minimum absolute atomic E-state index is 0. The quantitative estimate of drug-likeness (QED) is 0.262. The molecule has 0 saturated carbocycles. The Labute approximate surface area is 255 Å². The van der Waals surface area contributed by atoms with Crippen molar-refractivity contribution in [2.45, 2.75) is 88.0 Å². The first-order valence-corrected chi connectivity index (χ1v) is 14.4. The van der Waals surface area contributed by atoms with Crippen LogP contribution in [0.4, 0.5) is 0 Å². The van der Waals surface area contributed by atoms with Crippen molar-refractivity contribution >= 4 is 30.3 Å². The molecule has 5 heterocycles. The number of H-pyrrole nitrogens is 2. The van der Waals surface area contributed by atoms with E-state index in [-0.39, 0.29) is 19.5 Å². The SMILES string of the molecule is CC(=O)O.CCc1c2[n-]c(c1C)/C=c1\[nH]/c(c(C)c1CC)=C\c1[n-]c(c(C)c1CC)/C=c1\[nH]/c(c(C)c1CC)=C\2.[Rh+2]. The number of carboxylic acids is 1. The van der Waals surface area contributed by atoms with E-state index in [1.165, 1.54) is 44.5 Å². The van der Waals surface area contributed by atoms with Gasteiger partial charge in [0.2, 0.25) is 0 Å². The molecule has 0 spiro atoms. The standard InChI is InChI=1S/C32H38N4.C2H4O2.Rh/c1-9-21-17(5)25-14-30-23(11-3)19(7)27(35-30)16-32-24(12-4)20(8)28(36-32)15-31-22(10-2)18(6)26(34-31)13-29(21)33-25;1-2(3)4;/h13-16,33,36H,9-12H2,1-8H3;1H3,(H,3,4);/q-2;;+2/b25-14-,26-13?,27-16?,28-15-,29-13-,30-14?,31-15?,32-16-;;. The molecular formula is C34H42N4O2Rh. The van der Waals surface area contributed by atoms with E-state index in [1.807, 2.05) is 0 Å². The van der Waals surface area contributed by atoms with E-state index >= 15 is 0 Å².